The molecule has 1 aromatic carbocycles. The van der Waals surface area contributed by atoms with Gasteiger partial charge in [-0.3, -0.25) is 9.59 Å². The van der Waals surface area contributed by atoms with Gasteiger partial charge in [0.2, 0.25) is 11.8 Å². The summed E-state index contributed by atoms with van der Waals surface area (Å²) in [5.74, 6) is -0.289. The van der Waals surface area contributed by atoms with Gasteiger partial charge in [0.1, 0.15) is 10.3 Å². The van der Waals surface area contributed by atoms with Crippen molar-refractivity contribution < 1.29 is 18.0 Å². The molecule has 4 heterocycles. The molecule has 2 aromatic rings. The van der Waals surface area contributed by atoms with Gasteiger partial charge in [0.25, 0.3) is 10.0 Å². The molecule has 3 saturated heterocycles. The molecule has 3 fully saturated rings. The average molecular weight is 519 g/mol. The molecule has 2 amide bonds. The molecule has 5 rings (SSSR count). The third-order valence-corrected chi connectivity index (χ3v) is 11.1. The first-order valence-electron chi connectivity index (χ1n) is 12.6. The van der Waals surface area contributed by atoms with Gasteiger partial charge in [-0.25, -0.2) is 8.42 Å². The smallest absolute Gasteiger partial charge is 0.253 e. The number of benzene rings is 1. The van der Waals surface area contributed by atoms with E-state index in [9.17, 15) is 18.0 Å². The van der Waals surface area contributed by atoms with Crippen LogP contribution in [0, 0.1) is 0 Å². The number of rotatable bonds is 7. The van der Waals surface area contributed by atoms with Crippen LogP contribution in [-0.4, -0.2) is 97.6 Å². The number of carbonyl (C=O) groups is 2. The van der Waals surface area contributed by atoms with Crippen LogP contribution in [0.4, 0.5) is 0 Å². The number of piperidine rings is 1. The summed E-state index contributed by atoms with van der Waals surface area (Å²) in [6, 6.07) is 8.65. The minimum Gasteiger partial charge on any atom is -0.337 e. The van der Waals surface area contributed by atoms with E-state index in [1.807, 2.05) is 29.2 Å². The Kier molecular flexibility index (Phi) is 7.16. The summed E-state index contributed by atoms with van der Waals surface area (Å²) in [6.07, 6.45) is 5.59. The number of fused-ring (bicyclic) bond motifs is 1. The van der Waals surface area contributed by atoms with Crippen molar-refractivity contribution in [2.45, 2.75) is 54.8 Å². The molecule has 190 valence electrons. The predicted molar refractivity (Wildman–Crippen MR) is 137 cm³/mol. The molecule has 1 aromatic heterocycles. The lowest BCUT2D eigenvalue weighted by atomic mass is 10.0. The van der Waals surface area contributed by atoms with E-state index in [2.05, 4.69) is 4.90 Å². The van der Waals surface area contributed by atoms with Crippen molar-refractivity contribution in [3.63, 3.8) is 0 Å². The number of hydrogen-bond donors (Lipinski definition) is 0. The summed E-state index contributed by atoms with van der Waals surface area (Å²) < 4.78 is 29.1. The molecule has 2 atom stereocenters. The van der Waals surface area contributed by atoms with E-state index < -0.39 is 16.1 Å². The van der Waals surface area contributed by atoms with Gasteiger partial charge in [0.05, 0.1) is 6.54 Å². The monoisotopic (exact) mass is 518 g/mol. The van der Waals surface area contributed by atoms with E-state index in [1.54, 1.807) is 11.0 Å². The highest BCUT2D eigenvalue weighted by Crippen LogP contribution is 2.32. The van der Waals surface area contributed by atoms with Crippen LogP contribution >= 0.6 is 11.3 Å². The van der Waals surface area contributed by atoms with Crippen molar-refractivity contribution >= 4 is 43.3 Å². The van der Waals surface area contributed by atoms with Crippen LogP contribution in [0.1, 0.15) is 38.5 Å². The summed E-state index contributed by atoms with van der Waals surface area (Å²) in [5.41, 5.74) is 0. The largest absolute Gasteiger partial charge is 0.337 e. The van der Waals surface area contributed by atoms with Gasteiger partial charge in [-0.05, 0) is 69.1 Å². The van der Waals surface area contributed by atoms with Gasteiger partial charge in [0, 0.05) is 37.4 Å². The van der Waals surface area contributed by atoms with Crippen LogP contribution in [0.2, 0.25) is 0 Å². The lowest BCUT2D eigenvalue weighted by molar-refractivity contribution is -0.145. The molecule has 3 aliphatic heterocycles. The van der Waals surface area contributed by atoms with Gasteiger partial charge in [0.15, 0.2) is 0 Å². The zero-order chi connectivity index (χ0) is 24.6. The molecular formula is C25H34N4O4S2. The van der Waals surface area contributed by atoms with Crippen LogP contribution in [0.3, 0.4) is 0 Å². The van der Waals surface area contributed by atoms with Crippen molar-refractivity contribution in [2.24, 2.45) is 0 Å². The molecule has 3 aliphatic rings. The fourth-order valence-corrected chi connectivity index (χ4v) is 8.61. The second-order valence-corrected chi connectivity index (χ2v) is 13.2. The molecule has 0 radical (unpaired) electrons. The van der Waals surface area contributed by atoms with Gasteiger partial charge in [-0.1, -0.05) is 18.2 Å². The van der Waals surface area contributed by atoms with Crippen LogP contribution in [0.25, 0.3) is 10.1 Å². The Labute approximate surface area is 211 Å². The van der Waals surface area contributed by atoms with E-state index in [0.29, 0.717) is 19.4 Å². The summed E-state index contributed by atoms with van der Waals surface area (Å²) in [6.45, 7) is 4.38. The molecule has 35 heavy (non-hydrogen) atoms. The molecule has 8 nitrogen and oxygen atoms in total. The van der Waals surface area contributed by atoms with Crippen LogP contribution in [0.15, 0.2) is 34.5 Å². The highest BCUT2D eigenvalue weighted by Gasteiger charge is 2.40. The van der Waals surface area contributed by atoms with E-state index in [1.165, 1.54) is 35.5 Å². The van der Waals surface area contributed by atoms with E-state index >= 15 is 0 Å². The SMILES string of the molecule is CN([C@H]1CCCN(CC(=O)N2CCC[C@H]2CN2CCCC2)C1=O)S(=O)(=O)c1cc2ccccc2s1. The van der Waals surface area contributed by atoms with E-state index in [4.69, 9.17) is 0 Å². The molecule has 0 spiro atoms. The lowest BCUT2D eigenvalue weighted by Gasteiger charge is -2.37. The van der Waals surface area contributed by atoms with Crippen LogP contribution in [-0.2, 0) is 19.6 Å². The Hall–Kier alpha value is -2.01. The summed E-state index contributed by atoms with van der Waals surface area (Å²) in [4.78, 5) is 32.5. The Morgan fingerprint density at radius 2 is 1.80 bits per heavy atom. The number of likely N-dealkylation sites (N-methyl/N-ethyl adjacent to an activating group) is 1. The van der Waals surface area contributed by atoms with Crippen molar-refractivity contribution in [2.75, 3.05) is 46.3 Å². The van der Waals surface area contributed by atoms with Gasteiger partial charge < -0.3 is 14.7 Å². The summed E-state index contributed by atoms with van der Waals surface area (Å²) in [7, 11) is -2.33. The molecule has 0 saturated carbocycles. The molecule has 0 N–H and O–H groups in total. The Balaban J connectivity index is 1.26. The molecule has 0 aliphatic carbocycles. The number of thiophene rings is 1. The molecule has 0 bridgehead atoms. The third-order valence-electron chi connectivity index (χ3n) is 7.67. The maximum absolute atomic E-state index is 13.4. The first-order chi connectivity index (χ1) is 16.8. The standard InChI is InChI=1S/C25H34N4O4S2/c1-26(35(32,33)24-16-19-8-2-3-11-22(19)34-24)21-10-7-14-28(25(21)31)18-23(30)29-15-6-9-20(29)17-27-12-4-5-13-27/h2-3,8,11,16,20-21H,4-7,9-10,12-15,17-18H2,1H3/t20-,21-/m0/s1. The average Bonchev–Trinajstić information content (AvgIpc) is 3.61. The summed E-state index contributed by atoms with van der Waals surface area (Å²) in [5, 5.41) is 0.876. The Morgan fingerprint density at radius 1 is 1.06 bits per heavy atom. The zero-order valence-electron chi connectivity index (χ0n) is 20.3. The van der Waals surface area contributed by atoms with Crippen LogP contribution < -0.4 is 0 Å². The second kappa shape index (κ2) is 10.2. The van der Waals surface area contributed by atoms with Crippen LogP contribution in [0.5, 0.6) is 0 Å². The fraction of sp³-hybridized carbons (Fsp3) is 0.600. The highest BCUT2D eigenvalue weighted by atomic mass is 32.2. The molecule has 10 heteroatoms. The normalized spacial score (nSPS) is 24.2. The van der Waals surface area contributed by atoms with Gasteiger partial charge >= 0.3 is 0 Å². The second-order valence-electron chi connectivity index (χ2n) is 9.93. The van der Waals surface area contributed by atoms with Gasteiger partial charge in [-0.15, -0.1) is 11.3 Å². The maximum atomic E-state index is 13.4. The quantitative estimate of drug-likeness (QED) is 0.563. The Bertz CT molecular complexity index is 1160. The fourth-order valence-electron chi connectivity index (χ4n) is 5.68. The predicted octanol–water partition coefficient (Wildman–Crippen LogP) is 2.60. The lowest BCUT2D eigenvalue weighted by Crippen LogP contribution is -2.55. The topological polar surface area (TPSA) is 81.2 Å². The number of carbonyl (C=O) groups excluding carboxylic acids is 2. The number of likely N-dealkylation sites (tertiary alicyclic amines) is 3. The maximum Gasteiger partial charge on any atom is 0.253 e. The molecular weight excluding hydrogens is 484 g/mol. The van der Waals surface area contributed by atoms with E-state index in [-0.39, 0.29) is 28.6 Å². The zero-order valence-corrected chi connectivity index (χ0v) is 21.9. The third kappa shape index (κ3) is 4.98. The van der Waals surface area contributed by atoms with Crippen molar-refractivity contribution in [3.05, 3.63) is 30.3 Å². The van der Waals surface area contributed by atoms with Crippen molar-refractivity contribution in [1.29, 1.82) is 0 Å². The number of hydrogen-bond acceptors (Lipinski definition) is 6. The van der Waals surface area contributed by atoms with E-state index in [0.717, 1.165) is 49.1 Å². The number of amides is 2. The minimum absolute atomic E-state index is 0.0179. The Morgan fingerprint density at radius 3 is 2.57 bits per heavy atom. The van der Waals surface area contributed by atoms with Gasteiger partial charge in [-0.2, -0.15) is 4.31 Å². The van der Waals surface area contributed by atoms with Crippen molar-refractivity contribution in [3.8, 4) is 0 Å². The number of nitrogens with zero attached hydrogens (tertiary/aromatic N) is 4. The first-order valence-corrected chi connectivity index (χ1v) is 14.9. The highest BCUT2D eigenvalue weighted by molar-refractivity contribution is 7.91. The minimum atomic E-state index is -3.82. The summed E-state index contributed by atoms with van der Waals surface area (Å²) >= 11 is 1.22. The first kappa shape index (κ1) is 24.7. The molecule has 0 unspecified atom stereocenters. The van der Waals surface area contributed by atoms with Crippen molar-refractivity contribution in [1.82, 2.24) is 19.0 Å². The number of sulfonamides is 1.